The highest BCUT2D eigenvalue weighted by Gasteiger charge is 2.31. The standard InChI is InChI=1S/C20H26N4O/c1-15-12-16(2)24(21-15)13-18-7-5-10-22(18)14-20(25)23-11-9-17-6-3-4-8-19(17)23/h3-4,6,8,12,18H,5,7,9-11,13-14H2,1-2H3/t18-/m0/s1. The van der Waals surface area contributed by atoms with Crippen molar-refractivity contribution >= 4 is 11.6 Å². The van der Waals surface area contributed by atoms with Crippen LogP contribution in [0.3, 0.4) is 0 Å². The van der Waals surface area contributed by atoms with Gasteiger partial charge in [-0.05, 0) is 57.4 Å². The average molecular weight is 338 g/mol. The number of hydrogen-bond donors (Lipinski definition) is 0. The monoisotopic (exact) mass is 338 g/mol. The zero-order valence-electron chi connectivity index (χ0n) is 15.1. The molecular weight excluding hydrogens is 312 g/mol. The van der Waals surface area contributed by atoms with E-state index in [0.29, 0.717) is 12.6 Å². The van der Waals surface area contributed by atoms with Gasteiger partial charge in [-0.3, -0.25) is 14.4 Å². The van der Waals surface area contributed by atoms with E-state index in [1.807, 2.05) is 17.9 Å². The van der Waals surface area contributed by atoms with Gasteiger partial charge in [0.25, 0.3) is 0 Å². The van der Waals surface area contributed by atoms with Gasteiger partial charge in [0.05, 0.1) is 18.8 Å². The minimum absolute atomic E-state index is 0.227. The lowest BCUT2D eigenvalue weighted by molar-refractivity contribution is -0.119. The first-order chi connectivity index (χ1) is 12.1. The Morgan fingerprint density at radius 2 is 2.08 bits per heavy atom. The van der Waals surface area contributed by atoms with Crippen LogP contribution in [0.25, 0.3) is 0 Å². The van der Waals surface area contributed by atoms with Crippen LogP contribution in [0.4, 0.5) is 5.69 Å². The van der Waals surface area contributed by atoms with Gasteiger partial charge >= 0.3 is 0 Å². The van der Waals surface area contributed by atoms with Gasteiger partial charge in [-0.1, -0.05) is 18.2 Å². The lowest BCUT2D eigenvalue weighted by Gasteiger charge is -2.27. The van der Waals surface area contributed by atoms with Crippen molar-refractivity contribution in [2.75, 3.05) is 24.5 Å². The summed E-state index contributed by atoms with van der Waals surface area (Å²) in [5, 5.41) is 4.59. The third-order valence-electron chi connectivity index (χ3n) is 5.51. The van der Waals surface area contributed by atoms with E-state index in [1.54, 1.807) is 0 Å². The van der Waals surface area contributed by atoms with E-state index in [1.165, 1.54) is 11.3 Å². The molecule has 0 unspecified atom stereocenters. The number of anilines is 1. The number of benzene rings is 1. The maximum absolute atomic E-state index is 12.9. The summed E-state index contributed by atoms with van der Waals surface area (Å²) in [6.07, 6.45) is 3.27. The number of aromatic nitrogens is 2. The summed E-state index contributed by atoms with van der Waals surface area (Å²) in [5.41, 5.74) is 4.65. The van der Waals surface area contributed by atoms with Gasteiger partial charge in [0, 0.05) is 24.0 Å². The van der Waals surface area contributed by atoms with Gasteiger partial charge in [-0.2, -0.15) is 5.10 Å². The van der Waals surface area contributed by atoms with Crippen molar-refractivity contribution in [2.45, 2.75) is 45.7 Å². The number of para-hydroxylation sites is 1. The Morgan fingerprint density at radius 3 is 2.88 bits per heavy atom. The summed E-state index contributed by atoms with van der Waals surface area (Å²) < 4.78 is 2.09. The van der Waals surface area contributed by atoms with E-state index < -0.39 is 0 Å². The van der Waals surface area contributed by atoms with Gasteiger partial charge in [0.1, 0.15) is 0 Å². The largest absolute Gasteiger partial charge is 0.311 e. The Balaban J connectivity index is 1.43. The molecule has 0 radical (unpaired) electrons. The Hall–Kier alpha value is -2.14. The topological polar surface area (TPSA) is 41.4 Å². The first kappa shape index (κ1) is 16.3. The quantitative estimate of drug-likeness (QED) is 0.860. The van der Waals surface area contributed by atoms with Gasteiger partial charge in [-0.15, -0.1) is 0 Å². The summed E-state index contributed by atoms with van der Waals surface area (Å²) in [4.78, 5) is 17.2. The highest BCUT2D eigenvalue weighted by Crippen LogP contribution is 2.28. The number of amides is 1. The molecule has 0 saturated carbocycles. The number of fused-ring (bicyclic) bond motifs is 1. The number of rotatable bonds is 4. The predicted octanol–water partition coefficient (Wildman–Crippen LogP) is 2.55. The number of nitrogens with zero attached hydrogens (tertiary/aromatic N) is 4. The Bertz CT molecular complexity index is 782. The van der Waals surface area contributed by atoms with Crippen LogP contribution in [0.1, 0.15) is 29.8 Å². The molecule has 1 fully saturated rings. The molecule has 3 heterocycles. The van der Waals surface area contributed by atoms with Crippen molar-refractivity contribution in [3.05, 3.63) is 47.3 Å². The molecule has 4 rings (SSSR count). The SMILES string of the molecule is Cc1cc(C)n(C[C@@H]2CCCN2CC(=O)N2CCc3ccccc32)n1. The molecule has 2 aromatic rings. The van der Waals surface area contributed by atoms with Crippen molar-refractivity contribution in [3.8, 4) is 0 Å². The molecule has 0 N–H and O–H groups in total. The van der Waals surface area contributed by atoms with Crippen molar-refractivity contribution in [1.82, 2.24) is 14.7 Å². The molecule has 25 heavy (non-hydrogen) atoms. The lowest BCUT2D eigenvalue weighted by atomic mass is 10.2. The Kier molecular flexibility index (Phi) is 4.34. The second kappa shape index (κ2) is 6.64. The van der Waals surface area contributed by atoms with Crippen LogP contribution in [-0.4, -0.2) is 46.3 Å². The maximum Gasteiger partial charge on any atom is 0.241 e. The zero-order chi connectivity index (χ0) is 17.4. The molecule has 0 aliphatic carbocycles. The number of carbonyl (C=O) groups excluding carboxylic acids is 1. The number of carbonyl (C=O) groups is 1. The molecule has 0 bridgehead atoms. The van der Waals surface area contributed by atoms with Gasteiger partial charge in [0.15, 0.2) is 0 Å². The minimum Gasteiger partial charge on any atom is -0.311 e. The zero-order valence-corrected chi connectivity index (χ0v) is 15.1. The molecule has 1 atom stereocenters. The number of aryl methyl sites for hydroxylation is 2. The third-order valence-corrected chi connectivity index (χ3v) is 5.51. The molecule has 1 aromatic heterocycles. The molecule has 2 aliphatic heterocycles. The maximum atomic E-state index is 12.9. The van der Waals surface area contributed by atoms with Crippen LogP contribution < -0.4 is 4.90 Å². The third kappa shape index (κ3) is 3.21. The highest BCUT2D eigenvalue weighted by atomic mass is 16.2. The molecule has 1 amide bonds. The molecule has 1 aromatic carbocycles. The lowest BCUT2D eigenvalue weighted by Crippen LogP contribution is -2.43. The first-order valence-corrected chi connectivity index (χ1v) is 9.25. The van der Waals surface area contributed by atoms with E-state index in [2.05, 4.69) is 45.9 Å². The van der Waals surface area contributed by atoms with Crippen molar-refractivity contribution in [1.29, 1.82) is 0 Å². The summed E-state index contributed by atoms with van der Waals surface area (Å²) in [7, 11) is 0. The molecule has 132 valence electrons. The van der Waals surface area contributed by atoms with Crippen LogP contribution in [0.2, 0.25) is 0 Å². The molecule has 1 saturated heterocycles. The normalized spacial score (nSPS) is 20.2. The van der Waals surface area contributed by atoms with E-state index in [0.717, 1.165) is 50.3 Å². The summed E-state index contributed by atoms with van der Waals surface area (Å²) in [6, 6.07) is 10.8. The molecule has 2 aliphatic rings. The van der Waals surface area contributed by atoms with Crippen LogP contribution in [0, 0.1) is 13.8 Å². The fraction of sp³-hybridized carbons (Fsp3) is 0.500. The van der Waals surface area contributed by atoms with E-state index in [9.17, 15) is 4.79 Å². The average Bonchev–Trinajstić information content (AvgIpc) is 3.28. The van der Waals surface area contributed by atoms with Crippen molar-refractivity contribution in [3.63, 3.8) is 0 Å². The Morgan fingerprint density at radius 1 is 1.24 bits per heavy atom. The number of likely N-dealkylation sites (tertiary alicyclic amines) is 1. The molecule has 5 heteroatoms. The van der Waals surface area contributed by atoms with Crippen molar-refractivity contribution < 1.29 is 4.79 Å². The van der Waals surface area contributed by atoms with Crippen molar-refractivity contribution in [2.24, 2.45) is 0 Å². The fourth-order valence-corrected chi connectivity index (χ4v) is 4.23. The van der Waals surface area contributed by atoms with Gasteiger partial charge in [-0.25, -0.2) is 0 Å². The molecule has 5 nitrogen and oxygen atoms in total. The van der Waals surface area contributed by atoms with Gasteiger partial charge < -0.3 is 4.90 Å². The van der Waals surface area contributed by atoms with Crippen LogP contribution in [0.5, 0.6) is 0 Å². The van der Waals surface area contributed by atoms with E-state index in [4.69, 9.17) is 0 Å². The van der Waals surface area contributed by atoms with Crippen LogP contribution in [0.15, 0.2) is 30.3 Å². The van der Waals surface area contributed by atoms with Crippen LogP contribution >= 0.6 is 0 Å². The van der Waals surface area contributed by atoms with E-state index >= 15 is 0 Å². The predicted molar refractivity (Wildman–Crippen MR) is 98.8 cm³/mol. The van der Waals surface area contributed by atoms with E-state index in [-0.39, 0.29) is 5.91 Å². The second-order valence-electron chi connectivity index (χ2n) is 7.30. The first-order valence-electron chi connectivity index (χ1n) is 9.25. The fourth-order valence-electron chi connectivity index (χ4n) is 4.23. The van der Waals surface area contributed by atoms with Crippen LogP contribution in [-0.2, 0) is 17.8 Å². The van der Waals surface area contributed by atoms with Gasteiger partial charge in [0.2, 0.25) is 5.91 Å². The summed E-state index contributed by atoms with van der Waals surface area (Å²) in [6.45, 7) is 7.34. The highest BCUT2D eigenvalue weighted by molar-refractivity contribution is 5.96. The minimum atomic E-state index is 0.227. The second-order valence-corrected chi connectivity index (χ2v) is 7.30. The molecule has 0 spiro atoms. The smallest absolute Gasteiger partial charge is 0.241 e. The summed E-state index contributed by atoms with van der Waals surface area (Å²) in [5.74, 6) is 0.227. The molecular formula is C20H26N4O. The summed E-state index contributed by atoms with van der Waals surface area (Å²) >= 11 is 0. The Labute approximate surface area is 149 Å². The number of hydrogen-bond acceptors (Lipinski definition) is 3.